The second-order valence-corrected chi connectivity index (χ2v) is 1.91. The maximum atomic E-state index is 10.5. The largest absolute Gasteiger partial charge is 0.463 e. The molecule has 0 rings (SSSR count). The predicted molar refractivity (Wildman–Crippen MR) is 36.7 cm³/mol. The molecule has 0 amide bonds. The molecule has 0 heterocycles. The first-order valence-electron chi connectivity index (χ1n) is 3.42. The summed E-state index contributed by atoms with van der Waals surface area (Å²) in [4.78, 5) is 0. The summed E-state index contributed by atoms with van der Waals surface area (Å²) in [5.74, 6) is -0.434. The Balaban J connectivity index is 3.21. The van der Waals surface area contributed by atoms with Crippen molar-refractivity contribution in [3.05, 3.63) is 12.0 Å². The summed E-state index contributed by atoms with van der Waals surface area (Å²) < 4.78 is 4.67. The van der Waals surface area contributed by atoms with Gasteiger partial charge in [0.15, 0.2) is 0 Å². The van der Waals surface area contributed by atoms with Crippen molar-refractivity contribution in [3.63, 3.8) is 0 Å². The lowest BCUT2D eigenvalue weighted by Gasteiger charge is -1.98. The first kappa shape index (κ1) is 9.30. The van der Waals surface area contributed by atoms with Gasteiger partial charge in [-0.05, 0) is 6.42 Å². The monoisotopic (exact) mass is 145 g/mol. The molecule has 1 N–H and O–H groups in total. The van der Waals surface area contributed by atoms with Crippen LogP contribution in [0.25, 0.3) is 0 Å². The number of aliphatic hydroxyl groups excluding tert-OH is 1. The van der Waals surface area contributed by atoms with Gasteiger partial charge in [0.1, 0.15) is 0 Å². The van der Waals surface area contributed by atoms with Gasteiger partial charge < -0.3 is 9.84 Å². The lowest BCUT2D eigenvalue weighted by molar-refractivity contribution is 0.0489. The van der Waals surface area contributed by atoms with Gasteiger partial charge in [0, 0.05) is 6.08 Å². The van der Waals surface area contributed by atoms with Gasteiger partial charge in [-0.25, -0.2) is 5.11 Å². The van der Waals surface area contributed by atoms with Crippen LogP contribution in [0.15, 0.2) is 12.0 Å². The minimum atomic E-state index is -0.434. The zero-order valence-electron chi connectivity index (χ0n) is 6.17. The van der Waals surface area contributed by atoms with E-state index in [1.807, 2.05) is 6.92 Å². The minimum absolute atomic E-state index is 0.245. The fourth-order valence-corrected chi connectivity index (χ4v) is 0.451. The molecule has 0 aliphatic carbocycles. The van der Waals surface area contributed by atoms with Crippen molar-refractivity contribution in [1.29, 1.82) is 0 Å². The molecule has 10 heavy (non-hydrogen) atoms. The summed E-state index contributed by atoms with van der Waals surface area (Å²) in [7, 11) is 0. The quantitative estimate of drug-likeness (QED) is 0.464. The lowest BCUT2D eigenvalue weighted by Crippen LogP contribution is -1.93. The van der Waals surface area contributed by atoms with E-state index in [2.05, 4.69) is 4.74 Å². The average molecular weight is 145 g/mol. The van der Waals surface area contributed by atoms with E-state index in [1.165, 1.54) is 0 Å². The van der Waals surface area contributed by atoms with Gasteiger partial charge in [-0.2, -0.15) is 0 Å². The SMILES string of the molecule is CCCCOC([O])=CCO. The minimum Gasteiger partial charge on any atom is -0.463 e. The highest BCUT2D eigenvalue weighted by molar-refractivity contribution is 4.79. The van der Waals surface area contributed by atoms with Gasteiger partial charge in [-0.15, -0.1) is 0 Å². The average Bonchev–Trinajstić information content (AvgIpc) is 1.89. The van der Waals surface area contributed by atoms with Crippen molar-refractivity contribution in [2.75, 3.05) is 13.2 Å². The topological polar surface area (TPSA) is 49.4 Å². The Bertz CT molecular complexity index is 99.0. The fraction of sp³-hybridized carbons (Fsp3) is 0.714. The molecule has 0 saturated heterocycles. The Hall–Kier alpha value is -0.700. The molecule has 0 aromatic carbocycles. The normalized spacial score (nSPS) is 11.6. The van der Waals surface area contributed by atoms with Crippen LogP contribution in [-0.4, -0.2) is 18.3 Å². The van der Waals surface area contributed by atoms with E-state index in [9.17, 15) is 5.11 Å². The van der Waals surface area contributed by atoms with Gasteiger partial charge in [-0.3, -0.25) is 0 Å². The van der Waals surface area contributed by atoms with Crippen molar-refractivity contribution in [3.8, 4) is 0 Å². The molecule has 0 fully saturated rings. The van der Waals surface area contributed by atoms with Crippen LogP contribution in [0.3, 0.4) is 0 Å². The molecular formula is C7H13O3. The maximum absolute atomic E-state index is 10.5. The fourth-order valence-electron chi connectivity index (χ4n) is 0.451. The summed E-state index contributed by atoms with van der Waals surface area (Å²) in [5.41, 5.74) is 0. The Morgan fingerprint density at radius 1 is 1.70 bits per heavy atom. The van der Waals surface area contributed by atoms with E-state index in [1.54, 1.807) is 0 Å². The third-order valence-corrected chi connectivity index (χ3v) is 1.00. The molecule has 3 nitrogen and oxygen atoms in total. The Labute approximate surface area is 60.9 Å². The summed E-state index contributed by atoms with van der Waals surface area (Å²) >= 11 is 0. The number of rotatable bonds is 5. The highest BCUT2D eigenvalue weighted by Gasteiger charge is 1.92. The first-order valence-corrected chi connectivity index (χ1v) is 3.42. The smallest absolute Gasteiger partial charge is 0.328 e. The van der Waals surface area contributed by atoms with Crippen LogP contribution in [0.2, 0.25) is 0 Å². The molecule has 0 aromatic heterocycles. The number of hydrogen-bond acceptors (Lipinski definition) is 2. The number of ether oxygens (including phenoxy) is 1. The van der Waals surface area contributed by atoms with E-state index >= 15 is 0 Å². The number of hydrogen-bond donors (Lipinski definition) is 1. The molecule has 0 bridgehead atoms. The molecule has 0 atom stereocenters. The van der Waals surface area contributed by atoms with Gasteiger partial charge >= 0.3 is 5.95 Å². The molecule has 0 saturated carbocycles. The van der Waals surface area contributed by atoms with Gasteiger partial charge in [0.05, 0.1) is 13.2 Å². The van der Waals surface area contributed by atoms with Crippen LogP contribution >= 0.6 is 0 Å². The summed E-state index contributed by atoms with van der Waals surface area (Å²) in [6.45, 7) is 2.22. The van der Waals surface area contributed by atoms with E-state index < -0.39 is 5.95 Å². The van der Waals surface area contributed by atoms with Gasteiger partial charge in [-0.1, -0.05) is 13.3 Å². The van der Waals surface area contributed by atoms with E-state index in [0.29, 0.717) is 6.61 Å². The molecule has 0 aliphatic heterocycles. The van der Waals surface area contributed by atoms with Crippen molar-refractivity contribution < 1.29 is 14.9 Å². The summed E-state index contributed by atoms with van der Waals surface area (Å²) in [6, 6.07) is 0. The number of unbranched alkanes of at least 4 members (excludes halogenated alkanes) is 1. The Morgan fingerprint density at radius 2 is 2.40 bits per heavy atom. The third kappa shape index (κ3) is 5.44. The molecule has 0 spiro atoms. The van der Waals surface area contributed by atoms with Crippen LogP contribution < -0.4 is 0 Å². The summed E-state index contributed by atoms with van der Waals surface area (Å²) in [5, 5.41) is 18.7. The molecule has 0 unspecified atom stereocenters. The Morgan fingerprint density at radius 3 is 2.90 bits per heavy atom. The molecule has 3 heteroatoms. The standard InChI is InChI=1S/C7H13O3/c1-2-3-6-10-7(9)4-5-8/h4,8H,2-3,5-6H2,1H3. The van der Waals surface area contributed by atoms with Gasteiger partial charge in [0.2, 0.25) is 0 Å². The van der Waals surface area contributed by atoms with Crippen LogP contribution in [0.5, 0.6) is 0 Å². The van der Waals surface area contributed by atoms with Crippen molar-refractivity contribution in [2.45, 2.75) is 19.8 Å². The molecule has 0 aromatic rings. The summed E-state index contributed by atoms with van der Waals surface area (Å²) in [6.07, 6.45) is 2.99. The lowest BCUT2D eigenvalue weighted by atomic mass is 10.4. The third-order valence-electron chi connectivity index (χ3n) is 1.00. The van der Waals surface area contributed by atoms with E-state index in [0.717, 1.165) is 18.9 Å². The van der Waals surface area contributed by atoms with Gasteiger partial charge in [0.25, 0.3) is 0 Å². The number of aliphatic hydroxyl groups is 1. The molecule has 1 radical (unpaired) electrons. The highest BCUT2D eigenvalue weighted by atomic mass is 16.6. The van der Waals surface area contributed by atoms with Crippen molar-refractivity contribution in [2.24, 2.45) is 0 Å². The second kappa shape index (κ2) is 6.42. The zero-order chi connectivity index (χ0) is 7.82. The molecular weight excluding hydrogens is 132 g/mol. The van der Waals surface area contributed by atoms with Crippen molar-refractivity contribution in [1.82, 2.24) is 0 Å². The van der Waals surface area contributed by atoms with E-state index in [4.69, 9.17) is 5.11 Å². The van der Waals surface area contributed by atoms with Crippen LogP contribution in [0, 0.1) is 0 Å². The van der Waals surface area contributed by atoms with E-state index in [-0.39, 0.29) is 6.61 Å². The second-order valence-electron chi connectivity index (χ2n) is 1.91. The molecule has 59 valence electrons. The Kier molecular flexibility index (Phi) is 5.97. The van der Waals surface area contributed by atoms with Crippen LogP contribution in [0.4, 0.5) is 0 Å². The molecule has 0 aliphatic rings. The zero-order valence-corrected chi connectivity index (χ0v) is 6.17. The van der Waals surface area contributed by atoms with Crippen LogP contribution in [-0.2, 0) is 9.84 Å². The van der Waals surface area contributed by atoms with Crippen molar-refractivity contribution >= 4 is 0 Å². The predicted octanol–water partition coefficient (Wildman–Crippen LogP) is 1.07. The van der Waals surface area contributed by atoms with Crippen LogP contribution in [0.1, 0.15) is 19.8 Å². The first-order chi connectivity index (χ1) is 4.81. The maximum Gasteiger partial charge on any atom is 0.328 e. The highest BCUT2D eigenvalue weighted by Crippen LogP contribution is 1.95.